The largest absolute Gasteiger partial charge is 0.465 e. The van der Waals surface area contributed by atoms with Gasteiger partial charge in [0, 0.05) is 37.8 Å². The zero-order chi connectivity index (χ0) is 40.7. The average Bonchev–Trinajstić information content (AvgIpc) is 3.61. The Bertz CT molecular complexity index is 937. The summed E-state index contributed by atoms with van der Waals surface area (Å²) < 4.78 is 11.5. The molecule has 1 unspecified atom stereocenters. The molecule has 8 heteroatoms. The van der Waals surface area contributed by atoms with Gasteiger partial charge in [0.15, 0.2) is 0 Å². The molecule has 1 rings (SSSR count). The van der Waals surface area contributed by atoms with Gasteiger partial charge in [-0.25, -0.2) is 0 Å². The number of nitrogens with zero attached hydrogens (tertiary/aromatic N) is 1. The van der Waals surface area contributed by atoms with E-state index in [0.29, 0.717) is 38.9 Å². The van der Waals surface area contributed by atoms with Crippen LogP contribution < -0.4 is 11.5 Å². The summed E-state index contributed by atoms with van der Waals surface area (Å²) in [6.07, 6.45) is 44.1. The highest BCUT2D eigenvalue weighted by Crippen LogP contribution is 2.26. The number of ether oxygens (including phenoxy) is 2. The summed E-state index contributed by atoms with van der Waals surface area (Å²) in [5.74, 6) is -0.632. The molecule has 0 aromatic rings. The molecule has 0 aromatic heterocycles. The molecule has 0 bridgehead atoms. The van der Waals surface area contributed by atoms with E-state index in [9.17, 15) is 14.4 Å². The van der Waals surface area contributed by atoms with Crippen LogP contribution in [0.1, 0.15) is 213 Å². The molecule has 0 saturated carbocycles. The van der Waals surface area contributed by atoms with Crippen molar-refractivity contribution in [1.82, 2.24) is 4.90 Å². The van der Waals surface area contributed by atoms with Gasteiger partial charge in [-0.05, 0) is 83.6 Å². The molecule has 1 amide bonds. The fourth-order valence-electron chi connectivity index (χ4n) is 7.59. The fourth-order valence-corrected chi connectivity index (χ4v) is 7.59. The number of likely N-dealkylation sites (tertiary alicyclic amines) is 1. The van der Waals surface area contributed by atoms with Crippen LogP contribution in [-0.4, -0.2) is 61.6 Å². The minimum Gasteiger partial charge on any atom is -0.465 e. The number of nitrogens with two attached hydrogens (primary N) is 2. The van der Waals surface area contributed by atoms with Crippen LogP contribution in [0.5, 0.6) is 0 Å². The predicted octanol–water partition coefficient (Wildman–Crippen LogP) is 11.7. The minimum atomic E-state index is -0.576. The smallest absolute Gasteiger partial charge is 0.305 e. The summed E-state index contributed by atoms with van der Waals surface area (Å²) in [6.45, 7) is 6.48. The molecule has 56 heavy (non-hydrogen) atoms. The fraction of sp³-hybridized carbons (Fsp3) is 0.854. The number of esters is 2. The van der Waals surface area contributed by atoms with E-state index >= 15 is 0 Å². The molecule has 0 radical (unpaired) electrons. The van der Waals surface area contributed by atoms with Gasteiger partial charge in [-0.15, -0.1) is 0 Å². The molecule has 1 saturated heterocycles. The summed E-state index contributed by atoms with van der Waals surface area (Å²) in [5.41, 5.74) is 11.9. The summed E-state index contributed by atoms with van der Waals surface area (Å²) in [5, 5.41) is 0. The number of unbranched alkanes of at least 4 members (excludes halogenated alkanes) is 23. The van der Waals surface area contributed by atoms with Crippen LogP contribution in [0.4, 0.5) is 0 Å². The van der Waals surface area contributed by atoms with Crippen LogP contribution >= 0.6 is 0 Å². The highest BCUT2D eigenvalue weighted by Gasteiger charge is 2.38. The predicted molar refractivity (Wildman–Crippen MR) is 235 cm³/mol. The quantitative estimate of drug-likeness (QED) is 0.0361. The zero-order valence-electron chi connectivity index (χ0n) is 36.6. The summed E-state index contributed by atoms with van der Waals surface area (Å²) in [7, 11) is 0. The van der Waals surface area contributed by atoms with Crippen LogP contribution in [0.15, 0.2) is 24.3 Å². The first-order valence-electron chi connectivity index (χ1n) is 23.8. The van der Waals surface area contributed by atoms with Crippen molar-refractivity contribution in [1.29, 1.82) is 0 Å². The van der Waals surface area contributed by atoms with E-state index in [1.54, 1.807) is 4.90 Å². The van der Waals surface area contributed by atoms with Gasteiger partial charge in [0.2, 0.25) is 5.91 Å². The molecule has 326 valence electrons. The number of amides is 1. The lowest BCUT2D eigenvalue weighted by molar-refractivity contribution is -0.149. The normalized spacial score (nSPS) is 16.3. The van der Waals surface area contributed by atoms with Gasteiger partial charge in [0.25, 0.3) is 0 Å². The highest BCUT2D eigenvalue weighted by atomic mass is 16.5. The van der Waals surface area contributed by atoms with Crippen molar-refractivity contribution in [2.45, 2.75) is 219 Å². The first-order chi connectivity index (χ1) is 27.4. The molecule has 0 spiro atoms. The molecule has 1 heterocycles. The van der Waals surface area contributed by atoms with Crippen molar-refractivity contribution >= 4 is 17.8 Å². The second kappa shape index (κ2) is 38.3. The van der Waals surface area contributed by atoms with Gasteiger partial charge < -0.3 is 25.8 Å². The van der Waals surface area contributed by atoms with E-state index in [4.69, 9.17) is 20.9 Å². The van der Waals surface area contributed by atoms with E-state index in [2.05, 4.69) is 38.2 Å². The standard InChI is InChI=1S/C48H89N3O5/c1-3-5-7-9-11-13-15-17-19-21-23-25-27-29-31-36-46(52)55-41-43-39-51(48(54)45(50)35-33-34-38-49)40-44(43)42-56-47(53)37-32-30-28-26-24-22-20-18-16-14-12-10-8-6-4-2/h17-20,43-45H,3-16,21-42,49-50H2,1-2H3/b19-17-,20-18-/t43-,44?,45-/m0/s1. The summed E-state index contributed by atoms with van der Waals surface area (Å²) in [4.78, 5) is 40.3. The molecule has 3 atom stereocenters. The number of hydrogen-bond donors (Lipinski definition) is 2. The van der Waals surface area contributed by atoms with Crippen molar-refractivity contribution in [3.05, 3.63) is 24.3 Å². The van der Waals surface area contributed by atoms with Gasteiger partial charge >= 0.3 is 11.9 Å². The Hall–Kier alpha value is -2.19. The van der Waals surface area contributed by atoms with Gasteiger partial charge in [-0.1, -0.05) is 147 Å². The van der Waals surface area contributed by atoms with Crippen molar-refractivity contribution in [3.8, 4) is 0 Å². The Morgan fingerprint density at radius 2 is 0.893 bits per heavy atom. The van der Waals surface area contributed by atoms with E-state index in [0.717, 1.165) is 64.2 Å². The molecule has 0 aliphatic carbocycles. The second-order valence-electron chi connectivity index (χ2n) is 16.7. The summed E-state index contributed by atoms with van der Waals surface area (Å²) >= 11 is 0. The maximum atomic E-state index is 13.2. The molecular formula is C48H89N3O5. The van der Waals surface area contributed by atoms with Gasteiger partial charge in [-0.3, -0.25) is 14.4 Å². The van der Waals surface area contributed by atoms with Gasteiger partial charge in [-0.2, -0.15) is 0 Å². The third kappa shape index (κ3) is 30.0. The Labute approximate surface area is 345 Å². The van der Waals surface area contributed by atoms with Crippen molar-refractivity contribution in [2.75, 3.05) is 32.8 Å². The third-order valence-electron chi connectivity index (χ3n) is 11.4. The SMILES string of the molecule is CCCCCCCC/C=C\CCCCCCCC(=O)OCC1CN(C(=O)[C@@H](N)CCCCN)C[C@H]1COC(=O)CCCCCCC/C=C\CCCCCCCC. The van der Waals surface area contributed by atoms with Crippen molar-refractivity contribution in [3.63, 3.8) is 0 Å². The average molecular weight is 788 g/mol. The van der Waals surface area contributed by atoms with Crippen LogP contribution in [0, 0.1) is 11.8 Å². The van der Waals surface area contributed by atoms with Crippen LogP contribution in [0.2, 0.25) is 0 Å². The number of carbonyl (C=O) groups is 3. The number of allylic oxidation sites excluding steroid dienone is 4. The Kier molecular flexibility index (Phi) is 35.5. The van der Waals surface area contributed by atoms with Crippen LogP contribution in [-0.2, 0) is 23.9 Å². The van der Waals surface area contributed by atoms with E-state index in [1.807, 2.05) is 0 Å². The topological polar surface area (TPSA) is 125 Å². The highest BCUT2D eigenvalue weighted by molar-refractivity contribution is 5.82. The lowest BCUT2D eigenvalue weighted by Crippen LogP contribution is -2.43. The number of hydrogen-bond acceptors (Lipinski definition) is 7. The van der Waals surface area contributed by atoms with E-state index in [-0.39, 0.29) is 42.9 Å². The molecule has 1 aliphatic rings. The monoisotopic (exact) mass is 788 g/mol. The van der Waals surface area contributed by atoms with Crippen molar-refractivity contribution in [2.24, 2.45) is 23.3 Å². The molecule has 0 aromatic carbocycles. The Morgan fingerprint density at radius 1 is 0.536 bits per heavy atom. The Morgan fingerprint density at radius 3 is 1.27 bits per heavy atom. The zero-order valence-corrected chi connectivity index (χ0v) is 36.6. The lowest BCUT2D eigenvalue weighted by atomic mass is 9.98. The third-order valence-corrected chi connectivity index (χ3v) is 11.4. The van der Waals surface area contributed by atoms with E-state index < -0.39 is 6.04 Å². The van der Waals surface area contributed by atoms with Crippen molar-refractivity contribution < 1.29 is 23.9 Å². The first kappa shape index (κ1) is 51.8. The molecule has 8 nitrogen and oxygen atoms in total. The molecular weight excluding hydrogens is 699 g/mol. The maximum Gasteiger partial charge on any atom is 0.305 e. The minimum absolute atomic E-state index is 0.0825. The molecule has 4 N–H and O–H groups in total. The van der Waals surface area contributed by atoms with Crippen LogP contribution in [0.25, 0.3) is 0 Å². The number of carbonyl (C=O) groups excluding carboxylic acids is 3. The summed E-state index contributed by atoms with van der Waals surface area (Å²) in [6, 6.07) is -0.576. The van der Waals surface area contributed by atoms with E-state index in [1.165, 1.54) is 116 Å². The molecule has 1 fully saturated rings. The van der Waals surface area contributed by atoms with Crippen LogP contribution in [0.3, 0.4) is 0 Å². The first-order valence-corrected chi connectivity index (χ1v) is 23.8. The maximum absolute atomic E-state index is 13.2. The number of rotatable bonds is 39. The molecule has 1 aliphatic heterocycles. The van der Waals surface area contributed by atoms with Gasteiger partial charge in [0.05, 0.1) is 19.3 Å². The van der Waals surface area contributed by atoms with Gasteiger partial charge in [0.1, 0.15) is 0 Å². The lowest BCUT2D eigenvalue weighted by Gasteiger charge is -2.21. The second-order valence-corrected chi connectivity index (χ2v) is 16.7. The Balaban J connectivity index is 2.31.